The molecule has 0 unspecified atom stereocenters. The van der Waals surface area contributed by atoms with E-state index >= 15 is 0 Å². The fraction of sp³-hybridized carbons (Fsp3) is 0.333. The summed E-state index contributed by atoms with van der Waals surface area (Å²) in [7, 11) is 0. The van der Waals surface area contributed by atoms with Crippen molar-refractivity contribution in [2.24, 2.45) is 0 Å². The molecule has 7 heteroatoms. The zero-order chi connectivity index (χ0) is 14.5. The lowest BCUT2D eigenvalue weighted by molar-refractivity contribution is 0.0951. The van der Waals surface area contributed by atoms with E-state index in [2.05, 4.69) is 15.6 Å². The topological polar surface area (TPSA) is 54.0 Å². The van der Waals surface area contributed by atoms with Gasteiger partial charge in [-0.25, -0.2) is 0 Å². The molecule has 2 N–H and O–H groups in total. The molecule has 1 heterocycles. The summed E-state index contributed by atoms with van der Waals surface area (Å²) in [5.41, 5.74) is 1.18. The van der Waals surface area contributed by atoms with Gasteiger partial charge in [0.05, 0.1) is 16.1 Å². The number of carbonyl (C=O) groups excluding carboxylic acids is 1. The molecular weight excluding hydrogens is 345 g/mol. The molecule has 1 aromatic carbocycles. The molecule has 0 aliphatic heterocycles. The smallest absolute Gasteiger partial charge is 0.253 e. The number of pyridine rings is 1. The molecule has 4 nitrogen and oxygen atoms in total. The van der Waals surface area contributed by atoms with Gasteiger partial charge in [0.25, 0.3) is 5.91 Å². The number of aromatic nitrogens is 1. The number of hydrogen-bond donors (Lipinski definition) is 2. The first-order chi connectivity index (χ1) is 9.63. The van der Waals surface area contributed by atoms with Crippen LogP contribution in [0.3, 0.4) is 0 Å². The Kier molecular flexibility index (Phi) is 9.37. The second-order valence-electron chi connectivity index (χ2n) is 4.66. The highest BCUT2D eigenvalue weighted by atomic mass is 35.5. The first-order valence-corrected chi connectivity index (χ1v) is 7.06. The molecule has 2 rings (SSSR count). The summed E-state index contributed by atoms with van der Waals surface area (Å²) >= 11 is 6.12. The molecule has 0 spiro atoms. The van der Waals surface area contributed by atoms with Crippen LogP contribution in [0.1, 0.15) is 24.2 Å². The van der Waals surface area contributed by atoms with Gasteiger partial charge in [0.15, 0.2) is 0 Å². The first kappa shape index (κ1) is 20.9. The van der Waals surface area contributed by atoms with Crippen LogP contribution >= 0.6 is 36.4 Å². The molecule has 0 bridgehead atoms. The van der Waals surface area contributed by atoms with Crippen LogP contribution < -0.4 is 10.6 Å². The molecule has 0 radical (unpaired) electrons. The third kappa shape index (κ3) is 4.99. The van der Waals surface area contributed by atoms with Gasteiger partial charge in [-0.15, -0.1) is 24.8 Å². The van der Waals surface area contributed by atoms with E-state index < -0.39 is 0 Å². The monoisotopic (exact) mass is 363 g/mol. The van der Waals surface area contributed by atoms with E-state index in [1.165, 1.54) is 0 Å². The van der Waals surface area contributed by atoms with Crippen molar-refractivity contribution in [2.75, 3.05) is 13.1 Å². The van der Waals surface area contributed by atoms with Crippen LogP contribution in [0.25, 0.3) is 10.9 Å². The van der Waals surface area contributed by atoms with E-state index in [1.807, 2.05) is 26.0 Å². The van der Waals surface area contributed by atoms with Gasteiger partial charge >= 0.3 is 0 Å². The summed E-state index contributed by atoms with van der Waals surface area (Å²) < 4.78 is 0. The lowest BCUT2D eigenvalue weighted by atomic mass is 10.1. The minimum Gasteiger partial charge on any atom is -0.350 e. The summed E-state index contributed by atoms with van der Waals surface area (Å²) in [4.78, 5) is 16.5. The highest BCUT2D eigenvalue weighted by Crippen LogP contribution is 2.24. The number of nitrogens with one attached hydrogen (secondary N) is 2. The molecule has 122 valence electrons. The Balaban J connectivity index is 0.00000220. The van der Waals surface area contributed by atoms with Crippen molar-refractivity contribution in [2.45, 2.75) is 19.9 Å². The highest BCUT2D eigenvalue weighted by molar-refractivity contribution is 6.36. The number of nitrogens with zero attached hydrogens (tertiary/aromatic N) is 1. The lowest BCUT2D eigenvalue weighted by Gasteiger charge is -2.14. The van der Waals surface area contributed by atoms with Crippen LogP contribution in [-0.2, 0) is 0 Å². The maximum absolute atomic E-state index is 12.3. The number of carbonyl (C=O) groups is 1. The van der Waals surface area contributed by atoms with Crippen LogP contribution in [0.5, 0.6) is 0 Å². The van der Waals surface area contributed by atoms with Crippen LogP contribution in [0.4, 0.5) is 0 Å². The predicted molar refractivity (Wildman–Crippen MR) is 96.7 cm³/mol. The van der Waals surface area contributed by atoms with Gasteiger partial charge in [-0.05, 0) is 37.7 Å². The molecule has 0 aliphatic carbocycles. The number of benzene rings is 1. The second-order valence-corrected chi connectivity index (χ2v) is 5.07. The van der Waals surface area contributed by atoms with E-state index in [1.54, 1.807) is 18.3 Å². The van der Waals surface area contributed by atoms with Crippen LogP contribution in [0.15, 0.2) is 30.5 Å². The van der Waals surface area contributed by atoms with Crippen molar-refractivity contribution in [3.05, 3.63) is 41.0 Å². The number of halogens is 3. The quantitative estimate of drug-likeness (QED) is 0.854. The fourth-order valence-electron chi connectivity index (χ4n) is 2.08. The van der Waals surface area contributed by atoms with Gasteiger partial charge in [-0.2, -0.15) is 0 Å². The molecule has 22 heavy (non-hydrogen) atoms. The van der Waals surface area contributed by atoms with E-state index in [9.17, 15) is 4.79 Å². The van der Waals surface area contributed by atoms with Crippen molar-refractivity contribution < 1.29 is 4.79 Å². The van der Waals surface area contributed by atoms with E-state index in [0.717, 1.165) is 11.9 Å². The maximum atomic E-state index is 12.3. The third-order valence-corrected chi connectivity index (χ3v) is 3.41. The number of rotatable bonds is 5. The molecule has 2 aromatic rings. The van der Waals surface area contributed by atoms with Gasteiger partial charge in [0.2, 0.25) is 0 Å². The minimum atomic E-state index is -0.130. The third-order valence-electron chi connectivity index (χ3n) is 3.08. The highest BCUT2D eigenvalue weighted by Gasteiger charge is 2.13. The molecule has 0 saturated heterocycles. The minimum absolute atomic E-state index is 0. The predicted octanol–water partition coefficient (Wildman–Crippen LogP) is 3.46. The summed E-state index contributed by atoms with van der Waals surface area (Å²) in [5, 5.41) is 7.55. The standard InChI is InChI=1S/C15H18ClN3O.2ClH/c1-3-17-10(2)9-19-15(20)12-6-7-13(16)11-5-4-8-18-14(11)12;;/h4-8,10,17H,3,9H2,1-2H3,(H,19,20);2*1H/t10-;;/m1../s1. The fourth-order valence-corrected chi connectivity index (χ4v) is 2.30. The summed E-state index contributed by atoms with van der Waals surface area (Å²) in [6.45, 7) is 5.52. The number of amides is 1. The van der Waals surface area contributed by atoms with Gasteiger partial charge in [-0.3, -0.25) is 9.78 Å². The van der Waals surface area contributed by atoms with Crippen molar-refractivity contribution in [1.82, 2.24) is 15.6 Å². The van der Waals surface area contributed by atoms with Crippen LogP contribution in [0.2, 0.25) is 5.02 Å². The van der Waals surface area contributed by atoms with Crippen molar-refractivity contribution in [3.8, 4) is 0 Å². The van der Waals surface area contributed by atoms with Crippen LogP contribution in [-0.4, -0.2) is 30.0 Å². The zero-order valence-electron chi connectivity index (χ0n) is 12.4. The maximum Gasteiger partial charge on any atom is 0.253 e. The molecule has 1 atom stereocenters. The average Bonchev–Trinajstić information content (AvgIpc) is 2.46. The Labute approximate surface area is 147 Å². The van der Waals surface area contributed by atoms with Gasteiger partial charge in [0.1, 0.15) is 0 Å². The molecule has 0 saturated carbocycles. The van der Waals surface area contributed by atoms with Crippen molar-refractivity contribution >= 4 is 53.2 Å². The Morgan fingerprint density at radius 1 is 1.32 bits per heavy atom. The Bertz CT molecular complexity index is 622. The number of hydrogen-bond acceptors (Lipinski definition) is 3. The van der Waals surface area contributed by atoms with Crippen molar-refractivity contribution in [3.63, 3.8) is 0 Å². The van der Waals surface area contributed by atoms with Gasteiger partial charge in [-0.1, -0.05) is 18.5 Å². The molecule has 1 amide bonds. The van der Waals surface area contributed by atoms with Crippen LogP contribution in [0, 0.1) is 0 Å². The zero-order valence-corrected chi connectivity index (χ0v) is 14.8. The summed E-state index contributed by atoms with van der Waals surface area (Å²) in [6.07, 6.45) is 1.66. The normalized spacial score (nSPS) is 11.2. The Morgan fingerprint density at radius 2 is 2.05 bits per heavy atom. The van der Waals surface area contributed by atoms with Gasteiger partial charge in [0, 0.05) is 24.2 Å². The largest absolute Gasteiger partial charge is 0.350 e. The molecular formula is C15H20Cl3N3O. The second kappa shape index (κ2) is 9.85. The van der Waals surface area contributed by atoms with E-state index in [4.69, 9.17) is 11.6 Å². The SMILES string of the molecule is CCN[C@H](C)CNC(=O)c1ccc(Cl)c2cccnc12.Cl.Cl. The molecule has 1 aromatic heterocycles. The average molecular weight is 365 g/mol. The summed E-state index contributed by atoms with van der Waals surface area (Å²) in [5.74, 6) is -0.130. The number of likely N-dealkylation sites (N-methyl/N-ethyl adjacent to an activating group) is 1. The van der Waals surface area contributed by atoms with E-state index in [-0.39, 0.29) is 36.8 Å². The Morgan fingerprint density at radius 3 is 2.73 bits per heavy atom. The summed E-state index contributed by atoms with van der Waals surface area (Å²) in [6, 6.07) is 7.35. The number of fused-ring (bicyclic) bond motifs is 1. The molecule has 0 aliphatic rings. The van der Waals surface area contributed by atoms with Gasteiger partial charge < -0.3 is 10.6 Å². The molecule has 0 fully saturated rings. The van der Waals surface area contributed by atoms with Crippen molar-refractivity contribution in [1.29, 1.82) is 0 Å². The van der Waals surface area contributed by atoms with E-state index in [0.29, 0.717) is 22.6 Å². The lowest BCUT2D eigenvalue weighted by Crippen LogP contribution is -2.38. The first-order valence-electron chi connectivity index (χ1n) is 6.68. The Hall–Kier alpha value is -1.07.